The number of carbonyl (C=O) groups is 2. The van der Waals surface area contributed by atoms with Gasteiger partial charge < -0.3 is 0 Å². The Hall–Kier alpha value is -0.730. The van der Waals surface area contributed by atoms with Crippen molar-refractivity contribution in [2.24, 2.45) is 0 Å². The Morgan fingerprint density at radius 2 is 1.75 bits per heavy atom. The summed E-state index contributed by atoms with van der Waals surface area (Å²) in [6.07, 6.45) is 0.788. The summed E-state index contributed by atoms with van der Waals surface area (Å²) in [6.45, 7) is 4.39. The SMILES string of the molecule is CCCC(=O)C(C)(F)C(=O)CC. The van der Waals surface area contributed by atoms with Gasteiger partial charge in [0.25, 0.3) is 0 Å². The van der Waals surface area contributed by atoms with Crippen LogP contribution in [0.3, 0.4) is 0 Å². The molecule has 0 aliphatic carbocycles. The van der Waals surface area contributed by atoms with E-state index in [2.05, 4.69) is 0 Å². The first-order valence-electron chi connectivity index (χ1n) is 4.22. The molecule has 0 aliphatic heterocycles. The first-order chi connectivity index (χ1) is 5.46. The van der Waals surface area contributed by atoms with E-state index in [-0.39, 0.29) is 12.8 Å². The highest BCUT2D eigenvalue weighted by Gasteiger charge is 2.38. The molecule has 12 heavy (non-hydrogen) atoms. The van der Waals surface area contributed by atoms with Crippen LogP contribution < -0.4 is 0 Å². The van der Waals surface area contributed by atoms with Crippen molar-refractivity contribution in [3.63, 3.8) is 0 Å². The van der Waals surface area contributed by atoms with Crippen LogP contribution in [0.4, 0.5) is 4.39 Å². The zero-order valence-electron chi connectivity index (χ0n) is 7.82. The van der Waals surface area contributed by atoms with Crippen LogP contribution in [0.1, 0.15) is 40.0 Å². The summed E-state index contributed by atoms with van der Waals surface area (Å²) >= 11 is 0. The molecule has 0 fully saturated rings. The Labute approximate surface area is 72.1 Å². The van der Waals surface area contributed by atoms with Crippen LogP contribution in [0.5, 0.6) is 0 Å². The molecule has 0 spiro atoms. The summed E-state index contributed by atoms with van der Waals surface area (Å²) in [6, 6.07) is 0. The van der Waals surface area contributed by atoms with Gasteiger partial charge in [-0.15, -0.1) is 0 Å². The van der Waals surface area contributed by atoms with Crippen molar-refractivity contribution < 1.29 is 14.0 Å². The van der Waals surface area contributed by atoms with Crippen LogP contribution in [-0.2, 0) is 9.59 Å². The Balaban J connectivity index is 4.38. The normalized spacial score (nSPS) is 15.3. The zero-order chi connectivity index (χ0) is 9.78. The average molecular weight is 174 g/mol. The molecule has 0 radical (unpaired) electrons. The summed E-state index contributed by atoms with van der Waals surface area (Å²) in [4.78, 5) is 22.0. The average Bonchev–Trinajstić information content (AvgIpc) is 2.03. The van der Waals surface area contributed by atoms with Gasteiger partial charge in [-0.1, -0.05) is 13.8 Å². The zero-order valence-corrected chi connectivity index (χ0v) is 7.82. The van der Waals surface area contributed by atoms with Crippen molar-refractivity contribution in [3.8, 4) is 0 Å². The molecule has 0 aliphatic rings. The molecule has 1 unspecified atom stereocenters. The lowest BCUT2D eigenvalue weighted by molar-refractivity contribution is -0.141. The maximum atomic E-state index is 13.4. The fourth-order valence-corrected chi connectivity index (χ4v) is 0.949. The van der Waals surface area contributed by atoms with E-state index >= 15 is 0 Å². The summed E-state index contributed by atoms with van der Waals surface area (Å²) in [7, 11) is 0. The third-order valence-electron chi connectivity index (χ3n) is 1.85. The molecule has 0 aromatic heterocycles. The minimum absolute atomic E-state index is 0.0719. The summed E-state index contributed by atoms with van der Waals surface area (Å²) in [5.74, 6) is -1.22. The summed E-state index contributed by atoms with van der Waals surface area (Å²) in [5.41, 5.74) is -2.26. The van der Waals surface area contributed by atoms with Crippen LogP contribution in [0.25, 0.3) is 0 Å². The van der Waals surface area contributed by atoms with Gasteiger partial charge in [0.15, 0.2) is 11.6 Å². The molecule has 0 saturated carbocycles. The van der Waals surface area contributed by atoms with E-state index in [4.69, 9.17) is 0 Å². The lowest BCUT2D eigenvalue weighted by Gasteiger charge is -2.15. The van der Waals surface area contributed by atoms with E-state index in [1.807, 2.05) is 0 Å². The quantitative estimate of drug-likeness (QED) is 0.598. The Kier molecular flexibility index (Phi) is 4.07. The fourth-order valence-electron chi connectivity index (χ4n) is 0.949. The number of carbonyl (C=O) groups excluding carboxylic acids is 2. The van der Waals surface area contributed by atoms with E-state index in [1.54, 1.807) is 13.8 Å². The first-order valence-corrected chi connectivity index (χ1v) is 4.22. The molecule has 0 heterocycles. The minimum Gasteiger partial charge on any atom is -0.296 e. The predicted molar refractivity (Wildman–Crippen MR) is 44.7 cm³/mol. The van der Waals surface area contributed by atoms with Gasteiger partial charge in [-0.05, 0) is 13.3 Å². The number of ketones is 2. The molecule has 0 amide bonds. The van der Waals surface area contributed by atoms with Gasteiger partial charge >= 0.3 is 0 Å². The molecule has 0 saturated heterocycles. The van der Waals surface area contributed by atoms with Gasteiger partial charge in [0.2, 0.25) is 5.67 Å². The Morgan fingerprint density at radius 3 is 2.08 bits per heavy atom. The maximum Gasteiger partial charge on any atom is 0.223 e. The van der Waals surface area contributed by atoms with Crippen LogP contribution in [0.15, 0.2) is 0 Å². The van der Waals surface area contributed by atoms with Crippen molar-refractivity contribution in [1.82, 2.24) is 0 Å². The summed E-state index contributed by atoms with van der Waals surface area (Å²) < 4.78 is 13.4. The first kappa shape index (κ1) is 11.3. The van der Waals surface area contributed by atoms with E-state index in [9.17, 15) is 14.0 Å². The van der Waals surface area contributed by atoms with Gasteiger partial charge in [0.05, 0.1) is 0 Å². The molecule has 70 valence electrons. The van der Waals surface area contributed by atoms with Crippen molar-refractivity contribution in [3.05, 3.63) is 0 Å². The van der Waals surface area contributed by atoms with Crippen molar-refractivity contribution in [1.29, 1.82) is 0 Å². The van der Waals surface area contributed by atoms with E-state index in [0.29, 0.717) is 6.42 Å². The number of alkyl halides is 1. The maximum absolute atomic E-state index is 13.4. The molecule has 3 heteroatoms. The standard InChI is InChI=1S/C9H15FO2/c1-4-6-8(12)9(3,10)7(11)5-2/h4-6H2,1-3H3. The number of rotatable bonds is 5. The Morgan fingerprint density at radius 1 is 1.25 bits per heavy atom. The number of hydrogen-bond acceptors (Lipinski definition) is 2. The molecule has 2 nitrogen and oxygen atoms in total. The second kappa shape index (κ2) is 4.33. The van der Waals surface area contributed by atoms with Gasteiger partial charge in [0, 0.05) is 12.8 Å². The van der Waals surface area contributed by atoms with Crippen LogP contribution in [-0.4, -0.2) is 17.2 Å². The smallest absolute Gasteiger partial charge is 0.223 e. The highest BCUT2D eigenvalue weighted by molar-refractivity contribution is 6.09. The second-order valence-corrected chi connectivity index (χ2v) is 2.95. The van der Waals surface area contributed by atoms with E-state index in [1.165, 1.54) is 0 Å². The van der Waals surface area contributed by atoms with Crippen molar-refractivity contribution in [2.75, 3.05) is 0 Å². The largest absolute Gasteiger partial charge is 0.296 e. The fraction of sp³-hybridized carbons (Fsp3) is 0.778. The molecule has 0 aromatic rings. The number of Topliss-reactive ketones (excluding diaryl/α,β-unsaturated/α-hetero) is 2. The molecular formula is C9H15FO2. The monoisotopic (exact) mass is 174 g/mol. The van der Waals surface area contributed by atoms with Crippen LogP contribution in [0, 0.1) is 0 Å². The number of hydrogen-bond donors (Lipinski definition) is 0. The molecule has 0 N–H and O–H groups in total. The van der Waals surface area contributed by atoms with Gasteiger partial charge in [-0.25, -0.2) is 4.39 Å². The molecule has 0 aromatic carbocycles. The molecular weight excluding hydrogens is 159 g/mol. The van der Waals surface area contributed by atoms with Gasteiger partial charge in [-0.3, -0.25) is 9.59 Å². The number of halogens is 1. The lowest BCUT2D eigenvalue weighted by atomic mass is 9.93. The molecule has 1 atom stereocenters. The second-order valence-electron chi connectivity index (χ2n) is 2.95. The highest BCUT2D eigenvalue weighted by atomic mass is 19.1. The predicted octanol–water partition coefficient (Wildman–Crippen LogP) is 2.06. The molecule has 0 bridgehead atoms. The van der Waals surface area contributed by atoms with Gasteiger partial charge in [-0.2, -0.15) is 0 Å². The van der Waals surface area contributed by atoms with Gasteiger partial charge in [0.1, 0.15) is 0 Å². The minimum atomic E-state index is -2.26. The van der Waals surface area contributed by atoms with E-state index in [0.717, 1.165) is 6.92 Å². The highest BCUT2D eigenvalue weighted by Crippen LogP contribution is 2.17. The van der Waals surface area contributed by atoms with Crippen molar-refractivity contribution in [2.45, 2.75) is 45.7 Å². The van der Waals surface area contributed by atoms with Crippen LogP contribution in [0.2, 0.25) is 0 Å². The lowest BCUT2D eigenvalue weighted by Crippen LogP contribution is -2.38. The Bertz CT molecular complexity index is 185. The van der Waals surface area contributed by atoms with Crippen LogP contribution >= 0.6 is 0 Å². The van der Waals surface area contributed by atoms with E-state index < -0.39 is 17.2 Å². The topological polar surface area (TPSA) is 34.1 Å². The van der Waals surface area contributed by atoms with Crippen molar-refractivity contribution >= 4 is 11.6 Å². The third kappa shape index (κ3) is 2.40. The third-order valence-corrected chi connectivity index (χ3v) is 1.85. The summed E-state index contributed by atoms with van der Waals surface area (Å²) in [5, 5.41) is 0. The molecule has 0 rings (SSSR count).